The summed E-state index contributed by atoms with van der Waals surface area (Å²) in [6.45, 7) is 3.04. The van der Waals surface area contributed by atoms with Crippen molar-refractivity contribution >= 4 is 15.7 Å². The molecule has 0 aliphatic heterocycles. The molecule has 14 heavy (non-hydrogen) atoms. The van der Waals surface area contributed by atoms with Crippen LogP contribution in [-0.4, -0.2) is 43.0 Å². The molecule has 0 heterocycles. The van der Waals surface area contributed by atoms with Crippen molar-refractivity contribution in [3.63, 3.8) is 0 Å². The number of carbonyl (C=O) groups is 1. The zero-order chi connectivity index (χ0) is 10.8. The number of esters is 1. The quantitative estimate of drug-likeness (QED) is 0.187. The molecule has 0 aliphatic carbocycles. The summed E-state index contributed by atoms with van der Waals surface area (Å²) in [4.78, 5) is 10.6. The lowest BCUT2D eigenvalue weighted by molar-refractivity contribution is -0.219. The van der Waals surface area contributed by atoms with E-state index in [-0.39, 0.29) is 0 Å². The molecule has 0 atom stereocenters. The molecular formula is C8H16O5Si. The van der Waals surface area contributed by atoms with E-state index in [0.29, 0.717) is 6.61 Å². The van der Waals surface area contributed by atoms with E-state index >= 15 is 0 Å². The Kier molecular flexibility index (Phi) is 8.45. The second-order valence-corrected chi connectivity index (χ2v) is 3.80. The lowest BCUT2D eigenvalue weighted by Crippen LogP contribution is -2.20. The van der Waals surface area contributed by atoms with E-state index in [4.69, 9.17) is 18.6 Å². The molecule has 0 N–H and O–H groups in total. The Morgan fingerprint density at radius 2 is 2.14 bits per heavy atom. The van der Waals surface area contributed by atoms with E-state index < -0.39 is 22.2 Å². The number of methoxy groups -OCH3 is 2. The van der Waals surface area contributed by atoms with Gasteiger partial charge < -0.3 is 18.6 Å². The van der Waals surface area contributed by atoms with Crippen molar-refractivity contribution in [2.75, 3.05) is 20.8 Å². The van der Waals surface area contributed by atoms with Gasteiger partial charge in [0.05, 0.1) is 6.61 Å². The average Bonchev–Trinajstić information content (AvgIpc) is 2.23. The van der Waals surface area contributed by atoms with E-state index in [0.717, 1.165) is 12.1 Å². The SMILES string of the molecule is C=CC(=O)OCC[SiH2]OC(OC)OC. The molecule has 0 unspecified atom stereocenters. The number of hydrogen-bond donors (Lipinski definition) is 0. The van der Waals surface area contributed by atoms with Crippen molar-refractivity contribution in [2.45, 2.75) is 12.5 Å². The first-order chi connectivity index (χ1) is 6.74. The molecule has 6 heteroatoms. The Bertz CT molecular complexity index is 169. The first kappa shape index (κ1) is 13.3. The number of rotatable bonds is 8. The van der Waals surface area contributed by atoms with Gasteiger partial charge in [-0.3, -0.25) is 0 Å². The Morgan fingerprint density at radius 3 is 2.64 bits per heavy atom. The van der Waals surface area contributed by atoms with Crippen LogP contribution in [0.3, 0.4) is 0 Å². The van der Waals surface area contributed by atoms with Gasteiger partial charge in [-0.25, -0.2) is 4.79 Å². The van der Waals surface area contributed by atoms with Crippen LogP contribution in [0.15, 0.2) is 12.7 Å². The van der Waals surface area contributed by atoms with Gasteiger partial charge in [-0.2, -0.15) is 0 Å². The topological polar surface area (TPSA) is 54.0 Å². The number of carbonyl (C=O) groups excluding carboxylic acids is 1. The minimum absolute atomic E-state index is 0.358. The maximum Gasteiger partial charge on any atom is 0.330 e. The first-order valence-electron chi connectivity index (χ1n) is 4.21. The molecule has 0 saturated carbocycles. The smallest absolute Gasteiger partial charge is 0.330 e. The predicted molar refractivity (Wildman–Crippen MR) is 53.4 cm³/mol. The van der Waals surface area contributed by atoms with Gasteiger partial charge in [0.1, 0.15) is 0 Å². The second kappa shape index (κ2) is 8.89. The summed E-state index contributed by atoms with van der Waals surface area (Å²) in [5, 5.41) is 0. The predicted octanol–water partition coefficient (Wildman–Crippen LogP) is -0.189. The molecule has 0 spiro atoms. The Labute approximate surface area is 85.9 Å². The maximum atomic E-state index is 10.6. The zero-order valence-corrected chi connectivity index (χ0v) is 9.94. The molecule has 0 bridgehead atoms. The summed E-state index contributed by atoms with van der Waals surface area (Å²) < 4.78 is 19.6. The molecule has 5 nitrogen and oxygen atoms in total. The third-order valence-corrected chi connectivity index (χ3v) is 2.42. The Balaban J connectivity index is 3.28. The fraction of sp³-hybridized carbons (Fsp3) is 0.625. The molecular weight excluding hydrogens is 204 g/mol. The van der Waals surface area contributed by atoms with Crippen LogP contribution in [0, 0.1) is 0 Å². The lowest BCUT2D eigenvalue weighted by atomic mass is 10.6. The third-order valence-electron chi connectivity index (χ3n) is 1.34. The maximum absolute atomic E-state index is 10.6. The van der Waals surface area contributed by atoms with Gasteiger partial charge >= 0.3 is 5.97 Å². The van der Waals surface area contributed by atoms with Gasteiger partial charge in [-0.05, 0) is 6.04 Å². The van der Waals surface area contributed by atoms with E-state index in [9.17, 15) is 4.79 Å². The highest BCUT2D eigenvalue weighted by Gasteiger charge is 2.04. The minimum Gasteiger partial charge on any atom is -0.463 e. The molecule has 0 fully saturated rings. The van der Waals surface area contributed by atoms with Crippen molar-refractivity contribution in [1.29, 1.82) is 0 Å². The fourth-order valence-corrected chi connectivity index (χ4v) is 1.60. The average molecular weight is 220 g/mol. The van der Waals surface area contributed by atoms with Crippen molar-refractivity contribution in [1.82, 2.24) is 0 Å². The molecule has 0 aromatic carbocycles. The number of ether oxygens (including phenoxy) is 3. The summed E-state index contributed by atoms with van der Waals surface area (Å²) in [5.41, 5.74) is 0. The van der Waals surface area contributed by atoms with Gasteiger partial charge in [0.25, 0.3) is 6.48 Å². The van der Waals surface area contributed by atoms with E-state index in [2.05, 4.69) is 6.58 Å². The van der Waals surface area contributed by atoms with Crippen LogP contribution in [0.25, 0.3) is 0 Å². The highest BCUT2D eigenvalue weighted by atomic mass is 28.2. The van der Waals surface area contributed by atoms with E-state index in [1.54, 1.807) is 0 Å². The van der Waals surface area contributed by atoms with Crippen LogP contribution in [0.1, 0.15) is 0 Å². The van der Waals surface area contributed by atoms with Crippen LogP contribution in [-0.2, 0) is 23.4 Å². The minimum atomic E-state index is -0.770. The van der Waals surface area contributed by atoms with Crippen molar-refractivity contribution in [3.05, 3.63) is 12.7 Å². The normalized spacial score (nSPS) is 11.1. The standard InChI is InChI=1S/C8H16O5Si/c1-4-7(9)12-5-6-14-13-8(10-2)11-3/h4,8H,1,5-6,14H2,2-3H3. The van der Waals surface area contributed by atoms with Crippen molar-refractivity contribution in [3.8, 4) is 0 Å². The van der Waals surface area contributed by atoms with Crippen LogP contribution in [0.2, 0.25) is 6.04 Å². The zero-order valence-electron chi connectivity index (χ0n) is 8.52. The monoisotopic (exact) mass is 220 g/mol. The molecule has 82 valence electrons. The van der Waals surface area contributed by atoms with Gasteiger partial charge in [0.15, 0.2) is 9.76 Å². The van der Waals surface area contributed by atoms with Gasteiger partial charge in [0.2, 0.25) is 0 Å². The summed E-state index contributed by atoms with van der Waals surface area (Å²) in [6, 6.07) is 0.725. The Morgan fingerprint density at radius 1 is 1.50 bits per heavy atom. The molecule has 0 aliphatic rings. The molecule has 0 rings (SSSR count). The summed E-state index contributed by atoms with van der Waals surface area (Å²) >= 11 is 0. The highest BCUT2D eigenvalue weighted by Crippen LogP contribution is 1.94. The van der Waals surface area contributed by atoms with Crippen molar-refractivity contribution in [2.24, 2.45) is 0 Å². The molecule has 0 amide bonds. The molecule has 0 radical (unpaired) electrons. The van der Waals surface area contributed by atoms with E-state index in [1.807, 2.05) is 0 Å². The Hall–Kier alpha value is -0.693. The van der Waals surface area contributed by atoms with Gasteiger partial charge in [0, 0.05) is 20.3 Å². The lowest BCUT2D eigenvalue weighted by Gasteiger charge is -2.13. The van der Waals surface area contributed by atoms with Gasteiger partial charge in [-0.15, -0.1) is 0 Å². The molecule has 0 aromatic rings. The van der Waals surface area contributed by atoms with Crippen LogP contribution in [0.4, 0.5) is 0 Å². The van der Waals surface area contributed by atoms with E-state index in [1.165, 1.54) is 14.2 Å². The summed E-state index contributed by atoms with van der Waals surface area (Å²) in [7, 11) is 2.23. The summed E-state index contributed by atoms with van der Waals surface area (Å²) in [5.74, 6) is -0.408. The van der Waals surface area contributed by atoms with Crippen LogP contribution >= 0.6 is 0 Å². The second-order valence-electron chi connectivity index (χ2n) is 2.36. The molecule has 0 saturated heterocycles. The third kappa shape index (κ3) is 6.78. The van der Waals surface area contributed by atoms with Gasteiger partial charge in [-0.1, -0.05) is 6.58 Å². The summed E-state index contributed by atoms with van der Waals surface area (Å²) in [6.07, 6.45) is 1.13. The van der Waals surface area contributed by atoms with Crippen LogP contribution in [0.5, 0.6) is 0 Å². The molecule has 0 aromatic heterocycles. The van der Waals surface area contributed by atoms with Crippen LogP contribution < -0.4 is 0 Å². The highest BCUT2D eigenvalue weighted by molar-refractivity contribution is 6.27. The first-order valence-corrected chi connectivity index (χ1v) is 5.78. The largest absolute Gasteiger partial charge is 0.463 e. The fourth-order valence-electron chi connectivity index (χ4n) is 0.702. The van der Waals surface area contributed by atoms with Crippen molar-refractivity contribution < 1.29 is 23.4 Å². The number of hydrogen-bond acceptors (Lipinski definition) is 5.